The number of halogens is 1. The van der Waals surface area contributed by atoms with Crippen molar-refractivity contribution in [3.63, 3.8) is 0 Å². The number of rotatable bonds is 5. The fourth-order valence-electron chi connectivity index (χ4n) is 2.98. The Kier molecular flexibility index (Phi) is 5.10. The van der Waals surface area contributed by atoms with Crippen LogP contribution in [0.15, 0.2) is 30.5 Å². The van der Waals surface area contributed by atoms with Gasteiger partial charge in [0.1, 0.15) is 12.2 Å². The lowest BCUT2D eigenvalue weighted by Gasteiger charge is -2.15. The lowest BCUT2D eigenvalue weighted by atomic mass is 10.3. The summed E-state index contributed by atoms with van der Waals surface area (Å²) in [6.07, 6.45) is 1.52. The Bertz CT molecular complexity index is 1040. The minimum absolute atomic E-state index is 0.361. The van der Waals surface area contributed by atoms with E-state index in [1.54, 1.807) is 31.5 Å². The molecule has 10 heteroatoms. The van der Waals surface area contributed by atoms with E-state index >= 15 is 0 Å². The maximum atomic E-state index is 12.6. The zero-order valence-corrected chi connectivity index (χ0v) is 17.2. The van der Waals surface area contributed by atoms with E-state index in [2.05, 4.69) is 37.1 Å². The molecule has 3 aromatic rings. The highest BCUT2D eigenvalue weighted by Crippen LogP contribution is 2.38. The van der Waals surface area contributed by atoms with Crippen LogP contribution in [-0.2, 0) is 17.7 Å². The average Bonchev–Trinajstić information content (AvgIpc) is 3.06. The molecule has 145 valence electrons. The Morgan fingerprint density at radius 1 is 1.36 bits per heavy atom. The Labute approximate surface area is 168 Å². The third-order valence-corrected chi connectivity index (χ3v) is 6.14. The molecular weight excluding hydrogens is 397 g/mol. The number of hydrogen-bond donors (Lipinski definition) is 3. The van der Waals surface area contributed by atoms with Crippen LogP contribution >= 0.6 is 18.7 Å². The van der Waals surface area contributed by atoms with Gasteiger partial charge in [-0.05, 0) is 31.5 Å². The van der Waals surface area contributed by atoms with E-state index < -0.39 is 7.14 Å². The monoisotopic (exact) mass is 416 g/mol. The van der Waals surface area contributed by atoms with Crippen molar-refractivity contribution in [2.75, 3.05) is 30.5 Å². The molecule has 0 bridgehead atoms. The molecule has 0 fully saturated rings. The maximum Gasteiger partial charge on any atom is 0.230 e. The van der Waals surface area contributed by atoms with Gasteiger partial charge in [0.2, 0.25) is 5.95 Å². The molecule has 0 saturated carbocycles. The van der Waals surface area contributed by atoms with Crippen LogP contribution < -0.4 is 21.3 Å². The van der Waals surface area contributed by atoms with Gasteiger partial charge >= 0.3 is 0 Å². The molecule has 3 heterocycles. The second kappa shape index (κ2) is 7.54. The third-order valence-electron chi connectivity index (χ3n) is 4.33. The molecule has 2 aromatic heterocycles. The molecule has 0 atom stereocenters. The SMILES string of the molecule is CP(C)(=O)c1c[c]ccc1Nc1nc(Nc2cc3n(n2)CCNC3)ncc1Cl. The highest BCUT2D eigenvalue weighted by atomic mass is 35.5. The van der Waals surface area contributed by atoms with Crippen LogP contribution in [0.2, 0.25) is 5.02 Å². The molecule has 0 spiro atoms. The van der Waals surface area contributed by atoms with Crippen LogP contribution in [-0.4, -0.2) is 39.6 Å². The molecule has 0 unspecified atom stereocenters. The van der Waals surface area contributed by atoms with Crippen molar-refractivity contribution in [1.29, 1.82) is 0 Å². The van der Waals surface area contributed by atoms with E-state index in [9.17, 15) is 4.57 Å². The Balaban J connectivity index is 1.60. The number of anilines is 4. The fraction of sp³-hybridized carbons (Fsp3) is 0.278. The van der Waals surface area contributed by atoms with Crippen molar-refractivity contribution in [3.8, 4) is 0 Å². The molecule has 0 amide bonds. The molecule has 1 radical (unpaired) electrons. The smallest absolute Gasteiger partial charge is 0.230 e. The minimum atomic E-state index is -2.49. The first-order valence-corrected chi connectivity index (χ1v) is 11.8. The first-order chi connectivity index (χ1) is 13.4. The first kappa shape index (κ1) is 18.9. The number of hydrogen-bond acceptors (Lipinski definition) is 7. The van der Waals surface area contributed by atoms with Gasteiger partial charge in [0.25, 0.3) is 0 Å². The standard InChI is InChI=1S/C18H20ClN7OP/c1-28(2,27)15-6-4-3-5-14(15)22-17-13(19)11-21-18(24-17)23-16-9-12-10-20-7-8-26(12)25-16/h3,5-6,9,11,20H,7-8,10H2,1-2H3,(H2,21,22,23,24,25). The minimum Gasteiger partial charge on any atom is -0.338 e. The van der Waals surface area contributed by atoms with Crippen molar-refractivity contribution < 1.29 is 4.57 Å². The molecule has 8 nitrogen and oxygen atoms in total. The predicted molar refractivity (Wildman–Crippen MR) is 112 cm³/mol. The lowest BCUT2D eigenvalue weighted by Crippen LogP contribution is -2.28. The molecule has 1 aliphatic heterocycles. The van der Waals surface area contributed by atoms with Crippen LogP contribution in [0.1, 0.15) is 5.69 Å². The summed E-state index contributed by atoms with van der Waals surface area (Å²) >= 11 is 6.28. The van der Waals surface area contributed by atoms with E-state index in [1.807, 2.05) is 10.7 Å². The van der Waals surface area contributed by atoms with Gasteiger partial charge in [-0.1, -0.05) is 17.7 Å². The first-order valence-electron chi connectivity index (χ1n) is 8.80. The number of benzene rings is 1. The number of fused-ring (bicyclic) bond motifs is 1. The summed E-state index contributed by atoms with van der Waals surface area (Å²) in [5, 5.41) is 15.2. The number of aromatic nitrogens is 4. The second-order valence-electron chi connectivity index (χ2n) is 6.86. The van der Waals surface area contributed by atoms with Crippen molar-refractivity contribution in [1.82, 2.24) is 25.1 Å². The molecule has 4 rings (SSSR count). The topological polar surface area (TPSA) is 96.8 Å². The van der Waals surface area contributed by atoms with Gasteiger partial charge < -0.3 is 20.5 Å². The molecule has 1 aromatic carbocycles. The lowest BCUT2D eigenvalue weighted by molar-refractivity contribution is 0.476. The van der Waals surface area contributed by atoms with E-state index in [4.69, 9.17) is 11.6 Å². The summed E-state index contributed by atoms with van der Waals surface area (Å²) in [6, 6.07) is 10.2. The van der Waals surface area contributed by atoms with E-state index in [-0.39, 0.29) is 0 Å². The summed E-state index contributed by atoms with van der Waals surface area (Å²) in [5.41, 5.74) is 1.79. The molecule has 0 saturated heterocycles. The molecule has 28 heavy (non-hydrogen) atoms. The summed E-state index contributed by atoms with van der Waals surface area (Å²) in [7, 11) is -2.49. The highest BCUT2D eigenvalue weighted by molar-refractivity contribution is 7.70. The van der Waals surface area contributed by atoms with Crippen molar-refractivity contribution in [2.45, 2.75) is 13.1 Å². The molecule has 3 N–H and O–H groups in total. The van der Waals surface area contributed by atoms with Gasteiger partial charge in [-0.2, -0.15) is 10.1 Å². The van der Waals surface area contributed by atoms with Gasteiger partial charge in [-0.25, -0.2) is 4.98 Å². The maximum absolute atomic E-state index is 12.6. The van der Waals surface area contributed by atoms with Crippen LogP contribution in [0.5, 0.6) is 0 Å². The summed E-state index contributed by atoms with van der Waals surface area (Å²) in [6.45, 7) is 5.93. The third kappa shape index (κ3) is 4.04. The summed E-state index contributed by atoms with van der Waals surface area (Å²) in [4.78, 5) is 8.70. The van der Waals surface area contributed by atoms with Gasteiger partial charge in [-0.15, -0.1) is 0 Å². The largest absolute Gasteiger partial charge is 0.338 e. The van der Waals surface area contributed by atoms with E-state index in [0.717, 1.165) is 25.3 Å². The van der Waals surface area contributed by atoms with Crippen molar-refractivity contribution in [3.05, 3.63) is 47.2 Å². The van der Waals surface area contributed by atoms with Crippen LogP contribution in [0.25, 0.3) is 0 Å². The quantitative estimate of drug-likeness (QED) is 0.550. The highest BCUT2D eigenvalue weighted by Gasteiger charge is 2.18. The zero-order chi connectivity index (χ0) is 19.7. The van der Waals surface area contributed by atoms with Gasteiger partial charge in [0, 0.05) is 24.5 Å². The van der Waals surface area contributed by atoms with Crippen LogP contribution in [0.4, 0.5) is 23.3 Å². The van der Waals surface area contributed by atoms with Gasteiger partial charge in [-0.3, -0.25) is 4.68 Å². The zero-order valence-electron chi connectivity index (χ0n) is 15.5. The van der Waals surface area contributed by atoms with Crippen LogP contribution in [0.3, 0.4) is 0 Å². The fourth-order valence-corrected chi connectivity index (χ4v) is 4.22. The van der Waals surface area contributed by atoms with Gasteiger partial charge in [0.05, 0.1) is 24.1 Å². The molecular formula is C18H20ClN7OP. The summed E-state index contributed by atoms with van der Waals surface area (Å²) in [5.74, 6) is 1.47. The Morgan fingerprint density at radius 3 is 3.00 bits per heavy atom. The second-order valence-corrected chi connectivity index (χ2v) is 10.4. The number of nitrogens with one attached hydrogen (secondary N) is 3. The van der Waals surface area contributed by atoms with E-state index in [1.165, 1.54) is 6.20 Å². The van der Waals surface area contributed by atoms with Gasteiger partial charge in [0.15, 0.2) is 11.6 Å². The molecule has 1 aliphatic rings. The Morgan fingerprint density at radius 2 is 2.21 bits per heavy atom. The summed E-state index contributed by atoms with van der Waals surface area (Å²) < 4.78 is 14.5. The van der Waals surface area contributed by atoms with E-state index in [0.29, 0.717) is 33.6 Å². The van der Waals surface area contributed by atoms with Crippen molar-refractivity contribution in [2.24, 2.45) is 0 Å². The van der Waals surface area contributed by atoms with Crippen LogP contribution in [0, 0.1) is 6.07 Å². The Hall–Kier alpha value is -2.41. The predicted octanol–water partition coefficient (Wildman–Crippen LogP) is 2.97. The normalized spacial score (nSPS) is 13.8. The van der Waals surface area contributed by atoms with Crippen molar-refractivity contribution >= 4 is 47.3 Å². The molecule has 0 aliphatic carbocycles. The number of nitrogens with zero attached hydrogens (tertiary/aromatic N) is 4. The average molecular weight is 417 g/mol.